The summed E-state index contributed by atoms with van der Waals surface area (Å²) in [6.45, 7) is 3.42. The van der Waals surface area contributed by atoms with Gasteiger partial charge in [0, 0.05) is 17.1 Å². The number of rotatable bonds is 3. The van der Waals surface area contributed by atoms with Crippen LogP contribution in [0.15, 0.2) is 29.4 Å². The van der Waals surface area contributed by atoms with Crippen molar-refractivity contribution in [1.29, 1.82) is 0 Å². The zero-order valence-electron chi connectivity index (χ0n) is 7.93. The molecule has 1 aromatic carbocycles. The van der Waals surface area contributed by atoms with Crippen LogP contribution in [0, 0.1) is 0 Å². The van der Waals surface area contributed by atoms with Crippen LogP contribution in [0.1, 0.15) is 12.0 Å². The first-order valence-electron chi connectivity index (χ1n) is 4.75. The van der Waals surface area contributed by atoms with E-state index < -0.39 is 0 Å². The standard InChI is InChI=1S/C10H12N4/c11-13-12-10-4-2-9(3-5-10)8-14-6-1-7-14/h2-5H,1,6-8H2. The van der Waals surface area contributed by atoms with Crippen LogP contribution in [0.2, 0.25) is 0 Å². The average molecular weight is 188 g/mol. The van der Waals surface area contributed by atoms with Crippen molar-refractivity contribution in [3.8, 4) is 0 Å². The van der Waals surface area contributed by atoms with Crippen LogP contribution in [0.5, 0.6) is 0 Å². The first-order valence-corrected chi connectivity index (χ1v) is 4.75. The van der Waals surface area contributed by atoms with E-state index in [2.05, 4.69) is 14.9 Å². The molecule has 0 unspecified atom stereocenters. The summed E-state index contributed by atoms with van der Waals surface area (Å²) >= 11 is 0. The molecule has 0 aliphatic carbocycles. The highest BCUT2D eigenvalue weighted by atomic mass is 15.2. The van der Waals surface area contributed by atoms with Crippen molar-refractivity contribution in [3.63, 3.8) is 0 Å². The second-order valence-electron chi connectivity index (χ2n) is 3.49. The lowest BCUT2D eigenvalue weighted by Crippen LogP contribution is -2.36. The van der Waals surface area contributed by atoms with Crippen LogP contribution in [-0.4, -0.2) is 18.0 Å². The summed E-state index contributed by atoms with van der Waals surface area (Å²) in [5.74, 6) is 0. The predicted molar refractivity (Wildman–Crippen MR) is 55.1 cm³/mol. The Morgan fingerprint density at radius 2 is 2.00 bits per heavy atom. The van der Waals surface area contributed by atoms with Gasteiger partial charge in [-0.15, -0.1) is 0 Å². The van der Waals surface area contributed by atoms with Crippen molar-refractivity contribution in [1.82, 2.24) is 4.90 Å². The van der Waals surface area contributed by atoms with Gasteiger partial charge in [0.05, 0.1) is 0 Å². The second kappa shape index (κ2) is 4.13. The fourth-order valence-corrected chi connectivity index (χ4v) is 1.52. The molecule has 0 bridgehead atoms. The third kappa shape index (κ3) is 2.05. The van der Waals surface area contributed by atoms with Gasteiger partial charge in [-0.2, -0.15) is 0 Å². The zero-order chi connectivity index (χ0) is 9.80. The molecule has 0 saturated carbocycles. The molecule has 0 radical (unpaired) electrons. The number of hydrogen-bond donors (Lipinski definition) is 0. The van der Waals surface area contributed by atoms with Gasteiger partial charge in [0.1, 0.15) is 0 Å². The van der Waals surface area contributed by atoms with E-state index in [9.17, 15) is 0 Å². The molecule has 1 fully saturated rings. The van der Waals surface area contributed by atoms with Crippen molar-refractivity contribution < 1.29 is 0 Å². The molecule has 0 amide bonds. The Kier molecular flexibility index (Phi) is 2.68. The minimum atomic E-state index is 0.680. The first-order chi connectivity index (χ1) is 6.88. The van der Waals surface area contributed by atoms with E-state index in [1.807, 2.05) is 24.3 Å². The van der Waals surface area contributed by atoms with Crippen molar-refractivity contribution in [3.05, 3.63) is 40.3 Å². The smallest absolute Gasteiger partial charge is 0.0375 e. The molecule has 1 aliphatic heterocycles. The molecule has 2 rings (SSSR count). The molecular weight excluding hydrogens is 176 g/mol. The van der Waals surface area contributed by atoms with Crippen LogP contribution < -0.4 is 0 Å². The van der Waals surface area contributed by atoms with Crippen molar-refractivity contribution in [2.75, 3.05) is 13.1 Å². The Bertz CT molecular complexity index is 347. The van der Waals surface area contributed by atoms with Crippen LogP contribution >= 0.6 is 0 Å². The van der Waals surface area contributed by atoms with Crippen molar-refractivity contribution in [2.24, 2.45) is 5.11 Å². The number of nitrogens with zero attached hydrogens (tertiary/aromatic N) is 4. The van der Waals surface area contributed by atoms with E-state index in [4.69, 9.17) is 5.53 Å². The lowest BCUT2D eigenvalue weighted by Gasteiger charge is -2.30. The van der Waals surface area contributed by atoms with Gasteiger partial charge < -0.3 is 0 Å². The molecule has 1 heterocycles. The lowest BCUT2D eigenvalue weighted by atomic mass is 10.1. The quantitative estimate of drug-likeness (QED) is 0.408. The van der Waals surface area contributed by atoms with E-state index in [1.54, 1.807) is 0 Å². The van der Waals surface area contributed by atoms with Crippen LogP contribution in [0.3, 0.4) is 0 Å². The third-order valence-corrected chi connectivity index (χ3v) is 2.45. The van der Waals surface area contributed by atoms with Crippen LogP contribution in [-0.2, 0) is 6.54 Å². The Morgan fingerprint density at radius 1 is 1.29 bits per heavy atom. The third-order valence-electron chi connectivity index (χ3n) is 2.45. The van der Waals surface area contributed by atoms with Gasteiger partial charge in [-0.05, 0) is 30.6 Å². The lowest BCUT2D eigenvalue weighted by molar-refractivity contribution is 0.172. The van der Waals surface area contributed by atoms with Crippen LogP contribution in [0.4, 0.5) is 5.69 Å². The van der Waals surface area contributed by atoms with Gasteiger partial charge in [0.2, 0.25) is 0 Å². The summed E-state index contributed by atoms with van der Waals surface area (Å²) < 4.78 is 0. The van der Waals surface area contributed by atoms with E-state index in [0.717, 1.165) is 6.54 Å². The molecule has 1 saturated heterocycles. The zero-order valence-corrected chi connectivity index (χ0v) is 7.93. The number of likely N-dealkylation sites (tertiary alicyclic amines) is 1. The summed E-state index contributed by atoms with van der Waals surface area (Å²) in [4.78, 5) is 5.13. The molecule has 0 spiro atoms. The van der Waals surface area contributed by atoms with Gasteiger partial charge in [-0.1, -0.05) is 29.4 Å². The highest BCUT2D eigenvalue weighted by Gasteiger charge is 2.13. The van der Waals surface area contributed by atoms with Crippen LogP contribution in [0.25, 0.3) is 10.4 Å². The average Bonchev–Trinajstić information content (AvgIpc) is 2.14. The summed E-state index contributed by atoms with van der Waals surface area (Å²) in [5, 5.41) is 3.53. The van der Waals surface area contributed by atoms with E-state index in [1.165, 1.54) is 25.1 Å². The molecule has 1 aromatic rings. The molecule has 4 heteroatoms. The monoisotopic (exact) mass is 188 g/mol. The van der Waals surface area contributed by atoms with Gasteiger partial charge in [-0.3, -0.25) is 4.90 Å². The fourth-order valence-electron chi connectivity index (χ4n) is 1.52. The Hall–Kier alpha value is -1.51. The maximum absolute atomic E-state index is 8.23. The highest BCUT2D eigenvalue weighted by molar-refractivity contribution is 5.38. The molecule has 0 N–H and O–H groups in total. The maximum atomic E-state index is 8.23. The largest absolute Gasteiger partial charge is 0.299 e. The Morgan fingerprint density at radius 3 is 2.50 bits per heavy atom. The van der Waals surface area contributed by atoms with Gasteiger partial charge in [0.25, 0.3) is 0 Å². The SMILES string of the molecule is [N-]=[N+]=Nc1ccc(CN2CCC2)cc1. The van der Waals surface area contributed by atoms with Gasteiger partial charge in [0.15, 0.2) is 0 Å². The molecule has 1 aliphatic rings. The van der Waals surface area contributed by atoms with E-state index in [0.29, 0.717) is 5.69 Å². The molecule has 0 atom stereocenters. The number of azide groups is 1. The number of hydrogen-bond acceptors (Lipinski definition) is 2. The normalized spacial score (nSPS) is 15.7. The second-order valence-corrected chi connectivity index (χ2v) is 3.49. The summed E-state index contributed by atoms with van der Waals surface area (Å²) in [6, 6.07) is 7.74. The first kappa shape index (κ1) is 9.06. The topological polar surface area (TPSA) is 52.0 Å². The van der Waals surface area contributed by atoms with Crippen molar-refractivity contribution >= 4 is 5.69 Å². The summed E-state index contributed by atoms with van der Waals surface area (Å²) in [6.07, 6.45) is 1.32. The summed E-state index contributed by atoms with van der Waals surface area (Å²) in [7, 11) is 0. The minimum Gasteiger partial charge on any atom is -0.299 e. The Balaban J connectivity index is 2.01. The van der Waals surface area contributed by atoms with E-state index in [-0.39, 0.29) is 0 Å². The molecular formula is C10H12N4. The number of benzene rings is 1. The summed E-state index contributed by atoms with van der Waals surface area (Å²) in [5.41, 5.74) is 10.2. The molecule has 0 aromatic heterocycles. The predicted octanol–water partition coefficient (Wildman–Crippen LogP) is 2.83. The van der Waals surface area contributed by atoms with Gasteiger partial charge >= 0.3 is 0 Å². The fraction of sp³-hybridized carbons (Fsp3) is 0.400. The minimum absolute atomic E-state index is 0.680. The van der Waals surface area contributed by atoms with Gasteiger partial charge in [-0.25, -0.2) is 0 Å². The van der Waals surface area contributed by atoms with Crippen molar-refractivity contribution in [2.45, 2.75) is 13.0 Å². The molecule has 4 nitrogen and oxygen atoms in total. The molecule has 72 valence electrons. The highest BCUT2D eigenvalue weighted by Crippen LogP contribution is 2.16. The Labute approximate surface area is 82.8 Å². The maximum Gasteiger partial charge on any atom is 0.0375 e. The molecule has 14 heavy (non-hydrogen) atoms. The van der Waals surface area contributed by atoms with E-state index >= 15 is 0 Å².